The molecule has 0 saturated carbocycles. The van der Waals surface area contributed by atoms with Crippen molar-refractivity contribution in [2.75, 3.05) is 0 Å². The van der Waals surface area contributed by atoms with E-state index < -0.39 is 0 Å². The van der Waals surface area contributed by atoms with E-state index in [0.717, 1.165) is 34.6 Å². The van der Waals surface area contributed by atoms with Gasteiger partial charge in [0.2, 0.25) is 0 Å². The molecule has 3 rings (SSSR count). The molecule has 0 aliphatic carbocycles. The molecular weight excluding hydrogens is 298 g/mol. The third kappa shape index (κ3) is 3.08. The molecule has 0 bridgehead atoms. The molecule has 0 unspecified atom stereocenters. The number of thioether (sulfide) groups is 1. The average Bonchev–Trinajstić information content (AvgIpc) is 3.22. The highest BCUT2D eigenvalue weighted by molar-refractivity contribution is 7.98. The lowest BCUT2D eigenvalue weighted by Gasteiger charge is -2.06. The number of nitrogens with zero attached hydrogens (tertiary/aromatic N) is 3. The fourth-order valence-corrected chi connectivity index (χ4v) is 3.12. The van der Waals surface area contributed by atoms with Crippen LogP contribution in [0.15, 0.2) is 52.2 Å². The number of rotatable bonds is 6. The number of benzene rings is 1. The molecule has 1 aromatic carbocycles. The van der Waals surface area contributed by atoms with Gasteiger partial charge in [-0.1, -0.05) is 36.0 Å². The molecule has 6 heteroatoms. The van der Waals surface area contributed by atoms with Crippen molar-refractivity contribution in [1.82, 2.24) is 14.8 Å². The summed E-state index contributed by atoms with van der Waals surface area (Å²) in [6.45, 7) is 2.93. The molecule has 5 nitrogen and oxygen atoms in total. The van der Waals surface area contributed by atoms with E-state index in [-0.39, 0.29) is 6.61 Å². The van der Waals surface area contributed by atoms with Gasteiger partial charge in [-0.25, -0.2) is 0 Å². The second kappa shape index (κ2) is 6.81. The minimum Gasteiger partial charge on any atom is -0.461 e. The molecule has 0 amide bonds. The standard InChI is InChI=1S/C16H17N3O2S/c1-2-19-15(14-4-3-9-21-14)17-18-16(19)22-11-13-7-5-12(10-20)6-8-13/h3-9,20H,2,10-11H2,1H3. The highest BCUT2D eigenvalue weighted by Crippen LogP contribution is 2.26. The summed E-state index contributed by atoms with van der Waals surface area (Å²) in [6, 6.07) is 11.7. The Morgan fingerprint density at radius 1 is 1.14 bits per heavy atom. The topological polar surface area (TPSA) is 64.1 Å². The quantitative estimate of drug-likeness (QED) is 0.707. The first-order chi connectivity index (χ1) is 10.8. The van der Waals surface area contributed by atoms with Crippen LogP contribution in [0.5, 0.6) is 0 Å². The van der Waals surface area contributed by atoms with Crippen LogP contribution in [0.1, 0.15) is 18.1 Å². The molecule has 0 fully saturated rings. The van der Waals surface area contributed by atoms with Gasteiger partial charge in [-0.3, -0.25) is 4.57 Å². The van der Waals surface area contributed by atoms with Gasteiger partial charge in [-0.15, -0.1) is 10.2 Å². The number of hydrogen-bond donors (Lipinski definition) is 1. The molecule has 3 aromatic rings. The van der Waals surface area contributed by atoms with E-state index >= 15 is 0 Å². The lowest BCUT2D eigenvalue weighted by molar-refractivity contribution is 0.282. The van der Waals surface area contributed by atoms with Crippen LogP contribution in [0.2, 0.25) is 0 Å². The van der Waals surface area contributed by atoms with Crippen molar-refractivity contribution in [1.29, 1.82) is 0 Å². The van der Waals surface area contributed by atoms with E-state index in [9.17, 15) is 0 Å². The molecular formula is C16H17N3O2S. The average molecular weight is 315 g/mol. The third-order valence-electron chi connectivity index (χ3n) is 3.35. The maximum atomic E-state index is 9.06. The Hall–Kier alpha value is -2.05. The van der Waals surface area contributed by atoms with E-state index in [1.165, 1.54) is 5.56 Å². The van der Waals surface area contributed by atoms with Gasteiger partial charge in [0.05, 0.1) is 12.9 Å². The fourth-order valence-electron chi connectivity index (χ4n) is 2.16. The molecule has 2 aromatic heterocycles. The Bertz CT molecular complexity index is 720. The number of aliphatic hydroxyl groups is 1. The van der Waals surface area contributed by atoms with E-state index in [4.69, 9.17) is 9.52 Å². The zero-order chi connectivity index (χ0) is 15.4. The predicted octanol–water partition coefficient (Wildman–Crippen LogP) is 3.34. The molecule has 2 heterocycles. The van der Waals surface area contributed by atoms with E-state index in [2.05, 4.69) is 17.1 Å². The molecule has 22 heavy (non-hydrogen) atoms. The Morgan fingerprint density at radius 2 is 1.91 bits per heavy atom. The van der Waals surface area contributed by atoms with Gasteiger partial charge >= 0.3 is 0 Å². The first-order valence-corrected chi connectivity index (χ1v) is 8.09. The number of aromatic nitrogens is 3. The van der Waals surface area contributed by atoms with Crippen LogP contribution in [0.25, 0.3) is 11.6 Å². The summed E-state index contributed by atoms with van der Waals surface area (Å²) in [5, 5.41) is 18.4. The summed E-state index contributed by atoms with van der Waals surface area (Å²) in [5.74, 6) is 2.29. The summed E-state index contributed by atoms with van der Waals surface area (Å²) < 4.78 is 7.45. The van der Waals surface area contributed by atoms with Crippen LogP contribution < -0.4 is 0 Å². The third-order valence-corrected chi connectivity index (χ3v) is 4.39. The summed E-state index contributed by atoms with van der Waals surface area (Å²) >= 11 is 1.64. The minimum absolute atomic E-state index is 0.0735. The van der Waals surface area contributed by atoms with E-state index in [0.29, 0.717) is 0 Å². The Morgan fingerprint density at radius 3 is 2.55 bits per heavy atom. The van der Waals surface area contributed by atoms with Gasteiger partial charge in [-0.05, 0) is 30.2 Å². The van der Waals surface area contributed by atoms with Crippen LogP contribution in [0, 0.1) is 0 Å². The maximum absolute atomic E-state index is 9.06. The Balaban J connectivity index is 1.75. The number of hydrogen-bond acceptors (Lipinski definition) is 5. The summed E-state index contributed by atoms with van der Waals surface area (Å²) in [7, 11) is 0. The van der Waals surface area contributed by atoms with Crippen molar-refractivity contribution in [3.63, 3.8) is 0 Å². The fraction of sp³-hybridized carbons (Fsp3) is 0.250. The van der Waals surface area contributed by atoms with Crippen LogP contribution in [0.3, 0.4) is 0 Å². The van der Waals surface area contributed by atoms with Crippen molar-refractivity contribution in [2.24, 2.45) is 0 Å². The van der Waals surface area contributed by atoms with Crippen molar-refractivity contribution in [3.05, 3.63) is 53.8 Å². The molecule has 0 aliphatic heterocycles. The Kier molecular flexibility index (Phi) is 4.60. The van der Waals surface area contributed by atoms with Gasteiger partial charge < -0.3 is 9.52 Å². The summed E-state index contributed by atoms with van der Waals surface area (Å²) in [4.78, 5) is 0. The summed E-state index contributed by atoms with van der Waals surface area (Å²) in [6.07, 6.45) is 1.64. The lowest BCUT2D eigenvalue weighted by Crippen LogP contribution is -1.99. The van der Waals surface area contributed by atoms with Gasteiger partial charge in [-0.2, -0.15) is 0 Å². The summed E-state index contributed by atoms with van der Waals surface area (Å²) in [5.41, 5.74) is 2.11. The highest BCUT2D eigenvalue weighted by atomic mass is 32.2. The zero-order valence-electron chi connectivity index (χ0n) is 12.3. The number of aliphatic hydroxyl groups excluding tert-OH is 1. The second-order valence-corrected chi connectivity index (χ2v) is 5.73. The highest BCUT2D eigenvalue weighted by Gasteiger charge is 2.14. The van der Waals surface area contributed by atoms with Crippen LogP contribution in [-0.4, -0.2) is 19.9 Å². The van der Waals surface area contributed by atoms with Gasteiger partial charge in [0.1, 0.15) is 0 Å². The smallest absolute Gasteiger partial charge is 0.200 e. The predicted molar refractivity (Wildman–Crippen MR) is 85.3 cm³/mol. The van der Waals surface area contributed by atoms with Gasteiger partial charge in [0.15, 0.2) is 16.7 Å². The van der Waals surface area contributed by atoms with Crippen LogP contribution in [-0.2, 0) is 18.9 Å². The largest absolute Gasteiger partial charge is 0.461 e. The minimum atomic E-state index is 0.0735. The van der Waals surface area contributed by atoms with Crippen molar-refractivity contribution in [2.45, 2.75) is 31.0 Å². The monoisotopic (exact) mass is 315 g/mol. The van der Waals surface area contributed by atoms with Crippen molar-refractivity contribution < 1.29 is 9.52 Å². The first-order valence-electron chi connectivity index (χ1n) is 7.10. The Labute approximate surface area is 133 Å². The molecule has 1 N–H and O–H groups in total. The van der Waals surface area contributed by atoms with Crippen molar-refractivity contribution >= 4 is 11.8 Å². The van der Waals surface area contributed by atoms with Gasteiger partial charge in [0.25, 0.3) is 0 Å². The molecule has 0 aliphatic rings. The second-order valence-electron chi connectivity index (χ2n) is 4.79. The van der Waals surface area contributed by atoms with E-state index in [1.807, 2.05) is 41.0 Å². The van der Waals surface area contributed by atoms with E-state index in [1.54, 1.807) is 18.0 Å². The molecule has 0 saturated heterocycles. The molecule has 0 atom stereocenters. The first kappa shape index (κ1) is 14.9. The zero-order valence-corrected chi connectivity index (χ0v) is 13.1. The van der Waals surface area contributed by atoms with Crippen LogP contribution in [0.4, 0.5) is 0 Å². The maximum Gasteiger partial charge on any atom is 0.200 e. The lowest BCUT2D eigenvalue weighted by atomic mass is 10.2. The van der Waals surface area contributed by atoms with Crippen LogP contribution >= 0.6 is 11.8 Å². The molecule has 0 spiro atoms. The molecule has 114 valence electrons. The normalized spacial score (nSPS) is 11.0. The van der Waals surface area contributed by atoms with Crippen molar-refractivity contribution in [3.8, 4) is 11.6 Å². The molecule has 0 radical (unpaired) electrons. The number of furan rings is 1. The van der Waals surface area contributed by atoms with Gasteiger partial charge in [0, 0.05) is 12.3 Å². The SMILES string of the molecule is CCn1c(SCc2ccc(CO)cc2)nnc1-c1ccco1.